The monoisotopic (exact) mass is 192 g/mol. The van der Waals surface area contributed by atoms with Gasteiger partial charge in [0.25, 0.3) is 0 Å². The summed E-state index contributed by atoms with van der Waals surface area (Å²) in [6.07, 6.45) is 0.478. The molecule has 14 heavy (non-hydrogen) atoms. The van der Waals surface area contributed by atoms with Crippen LogP contribution in [0, 0.1) is 0 Å². The van der Waals surface area contributed by atoms with Crippen molar-refractivity contribution in [3.8, 4) is 0 Å². The molecule has 0 saturated heterocycles. The molecule has 1 atom stereocenters. The molecule has 0 heterocycles. The highest BCUT2D eigenvalue weighted by Gasteiger charge is 2.17. The maximum atomic E-state index is 9.40. The van der Waals surface area contributed by atoms with E-state index in [2.05, 4.69) is 39.0 Å². The molecular formula is C13H20O. The van der Waals surface area contributed by atoms with Crippen LogP contribution < -0.4 is 0 Å². The predicted molar refractivity (Wildman–Crippen MR) is 60.5 cm³/mol. The van der Waals surface area contributed by atoms with Crippen molar-refractivity contribution in [2.75, 3.05) is 0 Å². The van der Waals surface area contributed by atoms with E-state index < -0.39 is 0 Å². The third-order valence-corrected chi connectivity index (χ3v) is 2.34. The molecule has 0 amide bonds. The lowest BCUT2D eigenvalue weighted by Crippen LogP contribution is -2.16. The Hall–Kier alpha value is -0.820. The van der Waals surface area contributed by atoms with Crippen LogP contribution in [0.4, 0.5) is 0 Å². The number of rotatable bonds is 2. The van der Waals surface area contributed by atoms with Crippen LogP contribution >= 0.6 is 0 Å². The average molecular weight is 192 g/mol. The van der Waals surface area contributed by atoms with Crippen LogP contribution in [0.5, 0.6) is 0 Å². The zero-order valence-corrected chi connectivity index (χ0v) is 9.54. The van der Waals surface area contributed by atoms with E-state index in [0.717, 1.165) is 6.42 Å². The van der Waals surface area contributed by atoms with Crippen LogP contribution in [-0.4, -0.2) is 11.2 Å². The molecule has 1 aromatic carbocycles. The molecule has 0 saturated carbocycles. The summed E-state index contributed by atoms with van der Waals surface area (Å²) in [5.74, 6) is 0. The van der Waals surface area contributed by atoms with Crippen molar-refractivity contribution in [2.24, 2.45) is 0 Å². The van der Waals surface area contributed by atoms with Crippen molar-refractivity contribution in [2.45, 2.75) is 45.6 Å². The first kappa shape index (κ1) is 11.3. The van der Waals surface area contributed by atoms with Gasteiger partial charge < -0.3 is 5.11 Å². The lowest BCUT2D eigenvalue weighted by atomic mass is 9.82. The van der Waals surface area contributed by atoms with Crippen LogP contribution in [0.25, 0.3) is 0 Å². The SMILES string of the molecule is C[C@H](O)Cc1ccccc1C(C)(C)C. The van der Waals surface area contributed by atoms with Gasteiger partial charge in [0.05, 0.1) is 6.10 Å². The molecule has 0 unspecified atom stereocenters. The van der Waals surface area contributed by atoms with Gasteiger partial charge >= 0.3 is 0 Å². The van der Waals surface area contributed by atoms with Gasteiger partial charge in [0.1, 0.15) is 0 Å². The Balaban J connectivity index is 3.04. The van der Waals surface area contributed by atoms with E-state index in [-0.39, 0.29) is 11.5 Å². The van der Waals surface area contributed by atoms with E-state index in [4.69, 9.17) is 0 Å². The molecule has 1 rings (SSSR count). The maximum Gasteiger partial charge on any atom is 0.0552 e. The normalized spacial score (nSPS) is 14.1. The first-order chi connectivity index (χ1) is 6.41. The van der Waals surface area contributed by atoms with Gasteiger partial charge in [0, 0.05) is 0 Å². The van der Waals surface area contributed by atoms with Gasteiger partial charge in [0.2, 0.25) is 0 Å². The van der Waals surface area contributed by atoms with E-state index in [0.29, 0.717) is 0 Å². The molecule has 0 aliphatic carbocycles. The van der Waals surface area contributed by atoms with Crippen molar-refractivity contribution in [3.63, 3.8) is 0 Å². The Morgan fingerprint density at radius 3 is 2.29 bits per heavy atom. The molecule has 1 N–H and O–H groups in total. The first-order valence-corrected chi connectivity index (χ1v) is 5.17. The summed E-state index contributed by atoms with van der Waals surface area (Å²) in [6, 6.07) is 8.35. The second-order valence-corrected chi connectivity index (χ2v) is 4.96. The van der Waals surface area contributed by atoms with E-state index >= 15 is 0 Å². The second kappa shape index (κ2) is 4.14. The largest absolute Gasteiger partial charge is 0.393 e. The fourth-order valence-corrected chi connectivity index (χ4v) is 1.75. The Morgan fingerprint density at radius 2 is 1.79 bits per heavy atom. The smallest absolute Gasteiger partial charge is 0.0552 e. The maximum absolute atomic E-state index is 9.40. The molecule has 0 spiro atoms. The second-order valence-electron chi connectivity index (χ2n) is 4.96. The lowest BCUT2D eigenvalue weighted by molar-refractivity contribution is 0.195. The Labute approximate surface area is 86.8 Å². The minimum atomic E-state index is -0.265. The van der Waals surface area contributed by atoms with Gasteiger partial charge in [-0.05, 0) is 29.9 Å². The molecule has 1 aromatic rings. The topological polar surface area (TPSA) is 20.2 Å². The number of aliphatic hydroxyl groups excluding tert-OH is 1. The van der Waals surface area contributed by atoms with E-state index in [9.17, 15) is 5.11 Å². The molecule has 0 aliphatic rings. The number of hydrogen-bond donors (Lipinski definition) is 1. The standard InChI is InChI=1S/C13H20O/c1-10(14)9-11-7-5-6-8-12(11)13(2,3)4/h5-8,10,14H,9H2,1-4H3/t10-/m0/s1. The molecule has 0 fully saturated rings. The highest BCUT2D eigenvalue weighted by Crippen LogP contribution is 2.26. The number of hydrogen-bond acceptors (Lipinski definition) is 1. The summed E-state index contributed by atoms with van der Waals surface area (Å²) in [5.41, 5.74) is 2.75. The molecule has 78 valence electrons. The highest BCUT2D eigenvalue weighted by molar-refractivity contribution is 5.33. The van der Waals surface area contributed by atoms with Crippen LogP contribution in [0.1, 0.15) is 38.8 Å². The predicted octanol–water partition coefficient (Wildman–Crippen LogP) is 2.91. The minimum absolute atomic E-state index is 0.158. The Morgan fingerprint density at radius 1 is 1.21 bits per heavy atom. The van der Waals surface area contributed by atoms with E-state index in [1.54, 1.807) is 0 Å². The summed E-state index contributed by atoms with van der Waals surface area (Å²) in [4.78, 5) is 0. The van der Waals surface area contributed by atoms with E-state index in [1.165, 1.54) is 11.1 Å². The number of aliphatic hydroxyl groups is 1. The van der Waals surface area contributed by atoms with Crippen LogP contribution in [0.3, 0.4) is 0 Å². The molecule has 0 radical (unpaired) electrons. The van der Waals surface area contributed by atoms with Gasteiger partial charge in [-0.1, -0.05) is 45.0 Å². The summed E-state index contributed by atoms with van der Waals surface area (Å²) >= 11 is 0. The Bertz CT molecular complexity index is 294. The third-order valence-electron chi connectivity index (χ3n) is 2.34. The molecule has 0 bridgehead atoms. The van der Waals surface area contributed by atoms with Gasteiger partial charge in [-0.25, -0.2) is 0 Å². The van der Waals surface area contributed by atoms with Crippen molar-refractivity contribution in [3.05, 3.63) is 35.4 Å². The zero-order chi connectivity index (χ0) is 10.8. The van der Waals surface area contributed by atoms with Crippen molar-refractivity contribution < 1.29 is 5.11 Å². The summed E-state index contributed by atoms with van der Waals surface area (Å²) in [7, 11) is 0. The highest BCUT2D eigenvalue weighted by atomic mass is 16.3. The fraction of sp³-hybridized carbons (Fsp3) is 0.538. The average Bonchev–Trinajstić information content (AvgIpc) is 2.01. The zero-order valence-electron chi connectivity index (χ0n) is 9.54. The van der Waals surface area contributed by atoms with Gasteiger partial charge in [0.15, 0.2) is 0 Å². The summed E-state index contributed by atoms with van der Waals surface area (Å²) in [5, 5.41) is 9.40. The quantitative estimate of drug-likeness (QED) is 0.764. The molecular weight excluding hydrogens is 172 g/mol. The lowest BCUT2D eigenvalue weighted by Gasteiger charge is -2.23. The van der Waals surface area contributed by atoms with Gasteiger partial charge in [-0.15, -0.1) is 0 Å². The van der Waals surface area contributed by atoms with Gasteiger partial charge in [-0.2, -0.15) is 0 Å². The Kier molecular flexibility index (Phi) is 3.33. The minimum Gasteiger partial charge on any atom is -0.393 e. The molecule has 0 aliphatic heterocycles. The van der Waals surface area contributed by atoms with Crippen LogP contribution in [-0.2, 0) is 11.8 Å². The number of benzene rings is 1. The fourth-order valence-electron chi connectivity index (χ4n) is 1.75. The molecule has 1 heteroatoms. The first-order valence-electron chi connectivity index (χ1n) is 5.17. The third kappa shape index (κ3) is 2.85. The van der Waals surface area contributed by atoms with Crippen LogP contribution in [0.2, 0.25) is 0 Å². The van der Waals surface area contributed by atoms with Crippen LogP contribution in [0.15, 0.2) is 24.3 Å². The van der Waals surface area contributed by atoms with Crippen molar-refractivity contribution >= 4 is 0 Å². The summed E-state index contributed by atoms with van der Waals surface area (Å²) < 4.78 is 0. The van der Waals surface area contributed by atoms with Gasteiger partial charge in [-0.3, -0.25) is 0 Å². The molecule has 1 nitrogen and oxygen atoms in total. The van der Waals surface area contributed by atoms with E-state index in [1.807, 2.05) is 13.0 Å². The van der Waals surface area contributed by atoms with Crippen molar-refractivity contribution in [1.29, 1.82) is 0 Å². The van der Waals surface area contributed by atoms with Crippen molar-refractivity contribution in [1.82, 2.24) is 0 Å². The summed E-state index contributed by atoms with van der Waals surface area (Å²) in [6.45, 7) is 8.44. The molecule has 0 aromatic heterocycles.